The van der Waals surface area contributed by atoms with E-state index in [1.807, 2.05) is 17.9 Å². The van der Waals surface area contributed by atoms with Gasteiger partial charge in [-0.25, -0.2) is 0 Å². The van der Waals surface area contributed by atoms with Gasteiger partial charge in [0.05, 0.1) is 24.3 Å². The molecule has 1 heterocycles. The molecule has 0 radical (unpaired) electrons. The van der Waals surface area contributed by atoms with Gasteiger partial charge >= 0.3 is 0 Å². The number of anilines is 3. The summed E-state index contributed by atoms with van der Waals surface area (Å²) in [6.07, 6.45) is 0.362. The zero-order valence-electron chi connectivity index (χ0n) is 11.1. The third-order valence-corrected chi connectivity index (χ3v) is 3.21. The van der Waals surface area contributed by atoms with Gasteiger partial charge in [0, 0.05) is 19.3 Å². The van der Waals surface area contributed by atoms with Crippen LogP contribution in [-0.2, 0) is 16.0 Å². The second-order valence-electron chi connectivity index (χ2n) is 4.48. The van der Waals surface area contributed by atoms with Crippen LogP contribution in [-0.4, -0.2) is 32.0 Å². The second kappa shape index (κ2) is 5.17. The van der Waals surface area contributed by atoms with Crippen molar-refractivity contribution < 1.29 is 9.59 Å². The van der Waals surface area contributed by atoms with Crippen molar-refractivity contribution in [1.29, 1.82) is 0 Å². The van der Waals surface area contributed by atoms with Gasteiger partial charge < -0.3 is 21.3 Å². The molecule has 102 valence electrons. The van der Waals surface area contributed by atoms with Gasteiger partial charge in [0.1, 0.15) is 0 Å². The molecule has 0 atom stereocenters. The van der Waals surface area contributed by atoms with E-state index in [1.54, 1.807) is 13.1 Å². The van der Waals surface area contributed by atoms with Crippen LogP contribution < -0.4 is 21.3 Å². The zero-order valence-corrected chi connectivity index (χ0v) is 11.1. The predicted octanol–water partition coefficient (Wildman–Crippen LogP) is 0.336. The van der Waals surface area contributed by atoms with E-state index in [4.69, 9.17) is 5.73 Å². The number of benzene rings is 1. The van der Waals surface area contributed by atoms with Gasteiger partial charge in [0.25, 0.3) is 0 Å². The van der Waals surface area contributed by atoms with Crippen LogP contribution in [0.3, 0.4) is 0 Å². The number of carbonyl (C=O) groups is 2. The second-order valence-corrected chi connectivity index (χ2v) is 4.48. The molecule has 1 aromatic rings. The Morgan fingerprint density at radius 3 is 2.89 bits per heavy atom. The summed E-state index contributed by atoms with van der Waals surface area (Å²) in [7, 11) is 1.60. The number of amides is 2. The molecular formula is C13H18N4O2. The highest BCUT2D eigenvalue weighted by atomic mass is 16.2. The van der Waals surface area contributed by atoms with Crippen molar-refractivity contribution >= 4 is 28.9 Å². The summed E-state index contributed by atoms with van der Waals surface area (Å²) in [6, 6.07) is 3.64. The third-order valence-electron chi connectivity index (χ3n) is 3.21. The van der Waals surface area contributed by atoms with Gasteiger partial charge in [0.15, 0.2) is 0 Å². The minimum atomic E-state index is -0.0780. The lowest BCUT2D eigenvalue weighted by molar-refractivity contribution is -0.119. The number of nitrogen functional groups attached to an aromatic ring is 1. The minimum Gasteiger partial charge on any atom is -0.397 e. The molecule has 19 heavy (non-hydrogen) atoms. The van der Waals surface area contributed by atoms with Gasteiger partial charge in [-0.3, -0.25) is 9.59 Å². The van der Waals surface area contributed by atoms with Crippen LogP contribution in [0.25, 0.3) is 0 Å². The Hall–Kier alpha value is -2.24. The van der Waals surface area contributed by atoms with E-state index in [0.29, 0.717) is 18.7 Å². The summed E-state index contributed by atoms with van der Waals surface area (Å²) >= 11 is 0. The summed E-state index contributed by atoms with van der Waals surface area (Å²) < 4.78 is 0. The molecule has 1 aliphatic heterocycles. The Labute approximate surface area is 112 Å². The molecule has 0 spiro atoms. The lowest BCUT2D eigenvalue weighted by Crippen LogP contribution is -2.35. The lowest BCUT2D eigenvalue weighted by Gasteiger charge is -2.24. The fraction of sp³-hybridized carbons (Fsp3) is 0.385. The highest BCUT2D eigenvalue weighted by Gasteiger charge is 2.21. The van der Waals surface area contributed by atoms with E-state index >= 15 is 0 Å². The van der Waals surface area contributed by atoms with Crippen LogP contribution in [0.1, 0.15) is 12.5 Å². The third kappa shape index (κ3) is 2.62. The lowest BCUT2D eigenvalue weighted by atomic mass is 10.1. The van der Waals surface area contributed by atoms with E-state index < -0.39 is 0 Å². The Morgan fingerprint density at radius 2 is 2.26 bits per heavy atom. The standard InChI is InChI=1S/C13H18N4O2/c1-3-17(7-13(19)15-2)11-6-10-8(4-9(11)14)5-12(18)16-10/h4,6H,3,5,7,14H2,1-2H3,(H,15,19)(H,16,18). The molecule has 1 aromatic carbocycles. The van der Waals surface area contributed by atoms with Crippen molar-refractivity contribution in [3.63, 3.8) is 0 Å². The minimum absolute atomic E-state index is 0.0269. The van der Waals surface area contributed by atoms with E-state index in [-0.39, 0.29) is 18.4 Å². The number of nitrogens with one attached hydrogen (secondary N) is 2. The molecule has 0 aromatic heterocycles. The number of nitrogens with zero attached hydrogens (tertiary/aromatic N) is 1. The SMILES string of the molecule is CCN(CC(=O)NC)c1cc2c(cc1N)CC(=O)N2. The van der Waals surface area contributed by atoms with E-state index in [2.05, 4.69) is 10.6 Å². The van der Waals surface area contributed by atoms with Gasteiger partial charge in [-0.15, -0.1) is 0 Å². The van der Waals surface area contributed by atoms with Crippen LogP contribution in [0.4, 0.5) is 17.1 Å². The topological polar surface area (TPSA) is 87.5 Å². The molecule has 6 nitrogen and oxygen atoms in total. The van der Waals surface area contributed by atoms with Crippen molar-refractivity contribution in [2.45, 2.75) is 13.3 Å². The van der Waals surface area contributed by atoms with Crippen LogP contribution in [0.15, 0.2) is 12.1 Å². The number of carbonyl (C=O) groups excluding carboxylic acids is 2. The number of nitrogens with two attached hydrogens (primary N) is 1. The first-order chi connectivity index (χ1) is 9.05. The average Bonchev–Trinajstić information content (AvgIpc) is 2.74. The summed E-state index contributed by atoms with van der Waals surface area (Å²) in [6.45, 7) is 2.85. The van der Waals surface area contributed by atoms with Gasteiger partial charge in [-0.1, -0.05) is 0 Å². The van der Waals surface area contributed by atoms with Gasteiger partial charge in [0.2, 0.25) is 11.8 Å². The first-order valence-electron chi connectivity index (χ1n) is 6.23. The number of rotatable bonds is 4. The maximum absolute atomic E-state index is 11.5. The van der Waals surface area contributed by atoms with E-state index in [0.717, 1.165) is 16.9 Å². The van der Waals surface area contributed by atoms with E-state index in [9.17, 15) is 9.59 Å². The highest BCUT2D eigenvalue weighted by molar-refractivity contribution is 6.01. The molecular weight excluding hydrogens is 244 g/mol. The number of hydrogen-bond donors (Lipinski definition) is 3. The molecule has 4 N–H and O–H groups in total. The van der Waals surface area contributed by atoms with Crippen molar-refractivity contribution in [1.82, 2.24) is 5.32 Å². The number of hydrogen-bond acceptors (Lipinski definition) is 4. The molecule has 0 saturated carbocycles. The predicted molar refractivity (Wildman–Crippen MR) is 75.1 cm³/mol. The van der Waals surface area contributed by atoms with Crippen LogP contribution >= 0.6 is 0 Å². The molecule has 2 rings (SSSR count). The largest absolute Gasteiger partial charge is 0.397 e. The summed E-state index contributed by atoms with van der Waals surface area (Å²) in [5, 5.41) is 5.38. The Bertz CT molecular complexity index is 528. The average molecular weight is 262 g/mol. The van der Waals surface area contributed by atoms with Crippen molar-refractivity contribution in [2.24, 2.45) is 0 Å². The highest BCUT2D eigenvalue weighted by Crippen LogP contribution is 2.33. The fourth-order valence-corrected chi connectivity index (χ4v) is 2.18. The molecule has 0 saturated heterocycles. The molecule has 0 bridgehead atoms. The molecule has 2 amide bonds. The number of fused-ring (bicyclic) bond motifs is 1. The maximum Gasteiger partial charge on any atom is 0.239 e. The van der Waals surface area contributed by atoms with Crippen molar-refractivity contribution in [3.8, 4) is 0 Å². The molecule has 0 aliphatic carbocycles. The van der Waals surface area contributed by atoms with Gasteiger partial charge in [-0.05, 0) is 24.6 Å². The summed E-state index contributed by atoms with van der Waals surface area (Å²) in [5.74, 6) is -0.105. The van der Waals surface area contributed by atoms with Crippen LogP contribution in [0.5, 0.6) is 0 Å². The Kier molecular flexibility index (Phi) is 3.59. The Balaban J connectivity index is 2.31. The van der Waals surface area contributed by atoms with Crippen LogP contribution in [0.2, 0.25) is 0 Å². The van der Waals surface area contributed by atoms with Gasteiger partial charge in [-0.2, -0.15) is 0 Å². The smallest absolute Gasteiger partial charge is 0.239 e. The zero-order chi connectivity index (χ0) is 14.0. The fourth-order valence-electron chi connectivity index (χ4n) is 2.18. The molecule has 0 fully saturated rings. The number of likely N-dealkylation sites (N-methyl/N-ethyl adjacent to an activating group) is 2. The van der Waals surface area contributed by atoms with Crippen LogP contribution in [0, 0.1) is 0 Å². The first-order valence-corrected chi connectivity index (χ1v) is 6.23. The molecule has 1 aliphatic rings. The normalized spacial score (nSPS) is 12.8. The van der Waals surface area contributed by atoms with E-state index in [1.165, 1.54) is 0 Å². The molecule has 0 unspecified atom stereocenters. The first kappa shape index (κ1) is 13.2. The summed E-state index contributed by atoms with van der Waals surface area (Å²) in [5.41, 5.74) is 9.06. The van der Waals surface area contributed by atoms with Crippen molar-refractivity contribution in [2.75, 3.05) is 36.1 Å². The quantitative estimate of drug-likeness (QED) is 0.683. The van der Waals surface area contributed by atoms with Crippen molar-refractivity contribution in [3.05, 3.63) is 17.7 Å². The summed E-state index contributed by atoms with van der Waals surface area (Å²) in [4.78, 5) is 24.7. The Morgan fingerprint density at radius 1 is 1.53 bits per heavy atom. The maximum atomic E-state index is 11.5. The molecule has 6 heteroatoms. The monoisotopic (exact) mass is 262 g/mol.